The molecule has 1 aliphatic rings. The van der Waals surface area contributed by atoms with Crippen LogP contribution in [0.3, 0.4) is 0 Å². The number of phenols is 6. The van der Waals surface area contributed by atoms with Gasteiger partial charge in [0.25, 0.3) is 0 Å². The highest BCUT2D eigenvalue weighted by molar-refractivity contribution is 5.91. The van der Waals surface area contributed by atoms with E-state index in [4.69, 9.17) is 18.9 Å². The summed E-state index contributed by atoms with van der Waals surface area (Å²) in [6.45, 7) is 0. The van der Waals surface area contributed by atoms with Gasteiger partial charge in [-0.15, -0.1) is 0 Å². The predicted octanol–water partition coefficient (Wildman–Crippen LogP) is 2.84. The maximum Gasteiger partial charge on any atom is 0.338 e. The van der Waals surface area contributed by atoms with E-state index in [0.717, 1.165) is 18.2 Å². The summed E-state index contributed by atoms with van der Waals surface area (Å²) in [5, 5.41) is 60.3. The number of methoxy groups -OCH3 is 2. The summed E-state index contributed by atoms with van der Waals surface area (Å²) >= 11 is 0. The summed E-state index contributed by atoms with van der Waals surface area (Å²) in [4.78, 5) is 12.9. The van der Waals surface area contributed by atoms with Crippen molar-refractivity contribution in [3.63, 3.8) is 0 Å². The number of esters is 1. The molecule has 3 aromatic rings. The molecule has 0 saturated heterocycles. The Balaban J connectivity index is 1.75. The van der Waals surface area contributed by atoms with Crippen LogP contribution >= 0.6 is 0 Å². The molecule has 35 heavy (non-hydrogen) atoms. The van der Waals surface area contributed by atoms with Crippen molar-refractivity contribution >= 4 is 5.97 Å². The number of hydrogen-bond acceptors (Lipinski definition) is 11. The number of ether oxygens (including phenoxy) is 4. The second-order valence-electron chi connectivity index (χ2n) is 7.77. The fourth-order valence-electron chi connectivity index (χ4n) is 3.90. The van der Waals surface area contributed by atoms with Crippen LogP contribution in [-0.4, -0.2) is 56.9 Å². The number of carbonyl (C=O) groups is 1. The van der Waals surface area contributed by atoms with E-state index in [0.29, 0.717) is 0 Å². The summed E-state index contributed by atoms with van der Waals surface area (Å²) in [6, 6.07) is 7.06. The minimum atomic E-state index is -1.09. The number of fused-ring (bicyclic) bond motifs is 1. The van der Waals surface area contributed by atoms with Gasteiger partial charge in [0.15, 0.2) is 29.1 Å². The van der Waals surface area contributed by atoms with Crippen molar-refractivity contribution in [3.05, 3.63) is 53.1 Å². The molecule has 0 bridgehead atoms. The zero-order chi connectivity index (χ0) is 25.4. The minimum absolute atomic E-state index is 0.0596. The first-order valence-corrected chi connectivity index (χ1v) is 10.2. The number of benzene rings is 3. The van der Waals surface area contributed by atoms with Crippen LogP contribution in [0.1, 0.15) is 27.6 Å². The fourth-order valence-corrected chi connectivity index (χ4v) is 3.90. The summed E-state index contributed by atoms with van der Waals surface area (Å²) in [5.74, 6) is -3.63. The lowest BCUT2D eigenvalue weighted by molar-refractivity contribution is -0.0189. The maximum absolute atomic E-state index is 12.9. The van der Waals surface area contributed by atoms with Crippen LogP contribution in [0.25, 0.3) is 0 Å². The molecule has 0 radical (unpaired) electrons. The largest absolute Gasteiger partial charge is 0.508 e. The molecule has 11 heteroatoms. The van der Waals surface area contributed by atoms with Gasteiger partial charge >= 0.3 is 5.97 Å². The van der Waals surface area contributed by atoms with E-state index in [2.05, 4.69) is 0 Å². The topological polar surface area (TPSA) is 175 Å². The summed E-state index contributed by atoms with van der Waals surface area (Å²) in [6.07, 6.45) is -2.23. The summed E-state index contributed by atoms with van der Waals surface area (Å²) in [5.41, 5.74) is 0.322. The molecule has 6 N–H and O–H groups in total. The molecule has 0 saturated carbocycles. The number of aromatic hydroxyl groups is 6. The number of rotatable bonds is 5. The zero-order valence-corrected chi connectivity index (χ0v) is 18.6. The molecule has 4 rings (SSSR count). The molecule has 1 heterocycles. The van der Waals surface area contributed by atoms with Gasteiger partial charge in [0.1, 0.15) is 23.4 Å². The van der Waals surface area contributed by atoms with E-state index in [1.165, 1.54) is 32.4 Å². The SMILES string of the molecule is COc1cc([C@H]2Oc3cc(O)cc(O)c3C[C@H]2OC(=O)c2cc(O)c(OC)c(O)c2)cc(O)c1O. The molecule has 2 atom stereocenters. The smallest absolute Gasteiger partial charge is 0.338 e. The van der Waals surface area contributed by atoms with Crippen molar-refractivity contribution in [3.8, 4) is 51.7 Å². The van der Waals surface area contributed by atoms with E-state index in [1.807, 2.05) is 0 Å². The second kappa shape index (κ2) is 8.93. The molecule has 0 amide bonds. The molecule has 1 aliphatic heterocycles. The molecule has 11 nitrogen and oxygen atoms in total. The third-order valence-electron chi connectivity index (χ3n) is 5.54. The van der Waals surface area contributed by atoms with Crippen molar-refractivity contribution in [1.29, 1.82) is 0 Å². The van der Waals surface area contributed by atoms with E-state index in [1.54, 1.807) is 0 Å². The van der Waals surface area contributed by atoms with Crippen LogP contribution in [0.5, 0.6) is 51.7 Å². The first kappa shape index (κ1) is 23.5. The van der Waals surface area contributed by atoms with Gasteiger partial charge in [-0.25, -0.2) is 4.79 Å². The van der Waals surface area contributed by atoms with Crippen molar-refractivity contribution < 1.29 is 54.4 Å². The zero-order valence-electron chi connectivity index (χ0n) is 18.6. The summed E-state index contributed by atoms with van der Waals surface area (Å²) < 4.78 is 21.5. The first-order chi connectivity index (χ1) is 16.6. The Kier molecular flexibility index (Phi) is 6.00. The quantitative estimate of drug-likeness (QED) is 0.231. The number of hydrogen-bond donors (Lipinski definition) is 6. The first-order valence-electron chi connectivity index (χ1n) is 10.2. The molecule has 0 fully saturated rings. The lowest BCUT2D eigenvalue weighted by Gasteiger charge is -2.34. The predicted molar refractivity (Wildman–Crippen MR) is 119 cm³/mol. The highest BCUT2D eigenvalue weighted by atomic mass is 16.6. The number of carbonyl (C=O) groups excluding carboxylic acids is 1. The number of phenolic OH excluding ortho intramolecular Hbond substituents is 6. The van der Waals surface area contributed by atoms with E-state index in [-0.39, 0.29) is 51.9 Å². The van der Waals surface area contributed by atoms with Crippen molar-refractivity contribution in [2.45, 2.75) is 18.6 Å². The van der Waals surface area contributed by atoms with Crippen LogP contribution in [0.2, 0.25) is 0 Å². The Morgan fingerprint density at radius 3 is 2.17 bits per heavy atom. The van der Waals surface area contributed by atoms with Crippen LogP contribution in [0.4, 0.5) is 0 Å². The molecule has 0 aromatic heterocycles. The Hall–Kier alpha value is -4.67. The lowest BCUT2D eigenvalue weighted by atomic mass is 9.93. The molecule has 0 spiro atoms. The van der Waals surface area contributed by atoms with Gasteiger partial charge in [-0.05, 0) is 24.3 Å². The van der Waals surface area contributed by atoms with Gasteiger partial charge in [-0.2, -0.15) is 0 Å². The second-order valence-corrected chi connectivity index (χ2v) is 7.77. The maximum atomic E-state index is 12.9. The third-order valence-corrected chi connectivity index (χ3v) is 5.54. The highest BCUT2D eigenvalue weighted by Crippen LogP contribution is 2.46. The standard InChI is InChI=1S/C24H22O11/c1-32-19-6-10(3-15(27)21(19)30)22-20(9-13-14(26)7-12(25)8-18(13)34-22)35-24(31)11-4-16(28)23(33-2)17(29)5-11/h3-8,20,22,25-30H,9H2,1-2H3/t20-,22-/m1/s1. The van der Waals surface area contributed by atoms with Gasteiger partial charge < -0.3 is 49.6 Å². The molecule has 184 valence electrons. The third kappa shape index (κ3) is 4.31. The lowest BCUT2D eigenvalue weighted by Crippen LogP contribution is -2.34. The van der Waals surface area contributed by atoms with E-state index < -0.39 is 41.2 Å². The van der Waals surface area contributed by atoms with Gasteiger partial charge in [0, 0.05) is 29.7 Å². The normalized spacial score (nSPS) is 16.6. The molecular weight excluding hydrogens is 464 g/mol. The van der Waals surface area contributed by atoms with Crippen LogP contribution < -0.4 is 14.2 Å². The minimum Gasteiger partial charge on any atom is -0.508 e. The van der Waals surface area contributed by atoms with Crippen molar-refractivity contribution in [2.75, 3.05) is 14.2 Å². The molecular formula is C24H22O11. The monoisotopic (exact) mass is 486 g/mol. The summed E-state index contributed by atoms with van der Waals surface area (Å²) in [7, 11) is 2.52. The van der Waals surface area contributed by atoms with Crippen molar-refractivity contribution in [1.82, 2.24) is 0 Å². The van der Waals surface area contributed by atoms with Crippen molar-refractivity contribution in [2.24, 2.45) is 0 Å². The van der Waals surface area contributed by atoms with Crippen LogP contribution in [0.15, 0.2) is 36.4 Å². The Morgan fingerprint density at radius 2 is 1.54 bits per heavy atom. The molecule has 3 aromatic carbocycles. The van der Waals surface area contributed by atoms with E-state index >= 15 is 0 Å². The van der Waals surface area contributed by atoms with Crippen LogP contribution in [-0.2, 0) is 11.2 Å². The average molecular weight is 486 g/mol. The van der Waals surface area contributed by atoms with Gasteiger partial charge in [0.2, 0.25) is 11.5 Å². The van der Waals surface area contributed by atoms with Gasteiger partial charge in [-0.3, -0.25) is 0 Å². The van der Waals surface area contributed by atoms with Gasteiger partial charge in [-0.1, -0.05) is 0 Å². The Morgan fingerprint density at radius 1 is 0.857 bits per heavy atom. The molecule has 0 unspecified atom stereocenters. The average Bonchev–Trinajstić information content (AvgIpc) is 2.80. The van der Waals surface area contributed by atoms with E-state index in [9.17, 15) is 35.4 Å². The fraction of sp³-hybridized carbons (Fsp3) is 0.208. The van der Waals surface area contributed by atoms with Crippen LogP contribution in [0, 0.1) is 0 Å². The van der Waals surface area contributed by atoms with Gasteiger partial charge in [0.05, 0.1) is 19.8 Å². The molecule has 0 aliphatic carbocycles. The highest BCUT2D eigenvalue weighted by Gasteiger charge is 2.37. The Labute approximate surface area is 198 Å². The Bertz CT molecular complexity index is 1280.